The quantitative estimate of drug-likeness (QED) is 0.638. The first-order valence-corrected chi connectivity index (χ1v) is 2.54. The van der Waals surface area contributed by atoms with Gasteiger partial charge in [-0.3, -0.25) is 0 Å². The van der Waals surface area contributed by atoms with Crippen LogP contribution in [-0.4, -0.2) is 13.0 Å². The van der Waals surface area contributed by atoms with E-state index in [0.29, 0.717) is 5.75 Å². The molecule has 0 aromatic heterocycles. The minimum atomic E-state index is 0. The standard InChI is InChI=1S/C6H7BO.3ClH/c7-5-1-3-6(8)4-2-5;;;/h1-4,8H,7H2;3*1H. The number of rotatable bonds is 0. The third-order valence-electron chi connectivity index (χ3n) is 1.03. The summed E-state index contributed by atoms with van der Waals surface area (Å²) in [4.78, 5) is 0. The van der Waals surface area contributed by atoms with Gasteiger partial charge in [-0.2, -0.15) is 0 Å². The van der Waals surface area contributed by atoms with Crippen molar-refractivity contribution in [3.8, 4) is 5.75 Å². The molecule has 0 saturated carbocycles. The lowest BCUT2D eigenvalue weighted by molar-refractivity contribution is 0.475. The molecule has 0 heterocycles. The van der Waals surface area contributed by atoms with Crippen LogP contribution in [0, 0.1) is 0 Å². The molecule has 1 aromatic rings. The smallest absolute Gasteiger partial charge is 0.139 e. The molecule has 0 aliphatic rings. The lowest BCUT2D eigenvalue weighted by Crippen LogP contribution is -1.97. The Bertz CT molecular complexity index is 157. The van der Waals surface area contributed by atoms with E-state index in [0.717, 1.165) is 0 Å². The van der Waals surface area contributed by atoms with E-state index in [9.17, 15) is 0 Å². The summed E-state index contributed by atoms with van der Waals surface area (Å²) in [5.41, 5.74) is 1.17. The van der Waals surface area contributed by atoms with Crippen molar-refractivity contribution in [3.63, 3.8) is 0 Å². The molecule has 0 amide bonds. The number of halogens is 3. The van der Waals surface area contributed by atoms with Gasteiger partial charge in [-0.1, -0.05) is 17.6 Å². The second-order valence-corrected chi connectivity index (χ2v) is 1.84. The Hall–Kier alpha value is -0.0451. The fourth-order valence-corrected chi connectivity index (χ4v) is 0.545. The first-order chi connectivity index (χ1) is 3.79. The predicted molar refractivity (Wildman–Crippen MR) is 58.0 cm³/mol. The van der Waals surface area contributed by atoms with Crippen molar-refractivity contribution in [3.05, 3.63) is 24.3 Å². The fourth-order valence-electron chi connectivity index (χ4n) is 0.545. The molecule has 1 aromatic carbocycles. The van der Waals surface area contributed by atoms with Crippen LogP contribution in [0.1, 0.15) is 0 Å². The summed E-state index contributed by atoms with van der Waals surface area (Å²) < 4.78 is 0. The van der Waals surface area contributed by atoms with Crippen LogP contribution < -0.4 is 5.46 Å². The third kappa shape index (κ3) is 6.36. The molecule has 64 valence electrons. The van der Waals surface area contributed by atoms with Crippen LogP contribution in [0.2, 0.25) is 0 Å². The summed E-state index contributed by atoms with van der Waals surface area (Å²) in [6, 6.07) is 7.09. The Morgan fingerprint density at radius 1 is 0.909 bits per heavy atom. The van der Waals surface area contributed by atoms with Crippen LogP contribution in [-0.2, 0) is 0 Å². The van der Waals surface area contributed by atoms with Crippen molar-refractivity contribution >= 4 is 50.5 Å². The molecule has 0 radical (unpaired) electrons. The average Bonchev–Trinajstić information content (AvgIpc) is 1.77. The minimum Gasteiger partial charge on any atom is -0.508 e. The van der Waals surface area contributed by atoms with Crippen LogP contribution in [0.15, 0.2) is 24.3 Å². The van der Waals surface area contributed by atoms with Gasteiger partial charge < -0.3 is 5.11 Å². The van der Waals surface area contributed by atoms with Crippen LogP contribution in [0.3, 0.4) is 0 Å². The summed E-state index contributed by atoms with van der Waals surface area (Å²) in [5, 5.41) is 8.76. The molecular formula is C6H10BCl3O. The second-order valence-electron chi connectivity index (χ2n) is 1.84. The Labute approximate surface area is 85.8 Å². The van der Waals surface area contributed by atoms with Gasteiger partial charge in [0.1, 0.15) is 13.6 Å². The molecule has 5 heteroatoms. The van der Waals surface area contributed by atoms with Crippen molar-refractivity contribution in [2.24, 2.45) is 0 Å². The molecule has 1 nitrogen and oxygen atoms in total. The van der Waals surface area contributed by atoms with Gasteiger partial charge in [-0.15, -0.1) is 37.2 Å². The topological polar surface area (TPSA) is 20.2 Å². The van der Waals surface area contributed by atoms with Crippen LogP contribution in [0.5, 0.6) is 5.75 Å². The Balaban J connectivity index is -0.000000213. The maximum absolute atomic E-state index is 8.76. The highest BCUT2D eigenvalue weighted by Crippen LogP contribution is 2.01. The molecule has 0 bridgehead atoms. The van der Waals surface area contributed by atoms with Crippen LogP contribution in [0.4, 0.5) is 0 Å². The molecule has 1 N–H and O–H groups in total. The first kappa shape index (κ1) is 17.2. The number of aromatic hydroxyl groups is 1. The largest absolute Gasteiger partial charge is 0.508 e. The number of hydrogen-bond donors (Lipinski definition) is 1. The number of phenols is 1. The highest BCUT2D eigenvalue weighted by atomic mass is 35.5. The van der Waals surface area contributed by atoms with Crippen molar-refractivity contribution in [1.82, 2.24) is 0 Å². The normalized spacial score (nSPS) is 6.55. The maximum Gasteiger partial charge on any atom is 0.139 e. The zero-order valence-electron chi connectivity index (χ0n) is 5.98. The van der Waals surface area contributed by atoms with Gasteiger partial charge in [0.25, 0.3) is 0 Å². The van der Waals surface area contributed by atoms with Gasteiger partial charge in [0.2, 0.25) is 0 Å². The van der Waals surface area contributed by atoms with Crippen molar-refractivity contribution in [1.29, 1.82) is 0 Å². The zero-order chi connectivity index (χ0) is 5.98. The number of phenolic OH excluding ortho intramolecular Hbond substituents is 1. The molecule has 0 aliphatic heterocycles. The predicted octanol–water partition coefficient (Wildman–Crippen LogP) is 0.916. The molecule has 11 heavy (non-hydrogen) atoms. The number of benzene rings is 1. The van der Waals surface area contributed by atoms with Gasteiger partial charge in [-0.05, 0) is 12.1 Å². The summed E-state index contributed by atoms with van der Waals surface area (Å²) in [7, 11) is 1.99. The third-order valence-corrected chi connectivity index (χ3v) is 1.03. The Morgan fingerprint density at radius 2 is 1.27 bits per heavy atom. The average molecular weight is 215 g/mol. The SMILES string of the molecule is Bc1ccc(O)cc1.Cl.Cl.Cl. The van der Waals surface area contributed by atoms with Gasteiger partial charge >= 0.3 is 0 Å². The maximum atomic E-state index is 8.76. The van der Waals surface area contributed by atoms with Gasteiger partial charge in [0.05, 0.1) is 0 Å². The van der Waals surface area contributed by atoms with Gasteiger partial charge in [0.15, 0.2) is 0 Å². The van der Waals surface area contributed by atoms with Crippen molar-refractivity contribution < 1.29 is 5.11 Å². The summed E-state index contributed by atoms with van der Waals surface area (Å²) in [6.07, 6.45) is 0. The summed E-state index contributed by atoms with van der Waals surface area (Å²) >= 11 is 0. The molecule has 0 aliphatic carbocycles. The van der Waals surface area contributed by atoms with Crippen LogP contribution >= 0.6 is 37.2 Å². The second kappa shape index (κ2) is 8.06. The first-order valence-electron chi connectivity index (χ1n) is 2.54. The van der Waals surface area contributed by atoms with E-state index < -0.39 is 0 Å². The fraction of sp³-hybridized carbons (Fsp3) is 0. The zero-order valence-corrected chi connectivity index (χ0v) is 8.43. The lowest BCUT2D eigenvalue weighted by atomic mass is 9.97. The van der Waals surface area contributed by atoms with Gasteiger partial charge in [-0.25, -0.2) is 0 Å². The van der Waals surface area contributed by atoms with E-state index in [1.54, 1.807) is 12.1 Å². The Morgan fingerprint density at radius 3 is 1.55 bits per heavy atom. The van der Waals surface area contributed by atoms with E-state index in [1.165, 1.54) is 5.46 Å². The molecule has 0 atom stereocenters. The highest BCUT2D eigenvalue weighted by Gasteiger charge is 1.82. The van der Waals surface area contributed by atoms with Gasteiger partial charge in [0, 0.05) is 0 Å². The summed E-state index contributed by atoms with van der Waals surface area (Å²) in [6.45, 7) is 0. The van der Waals surface area contributed by atoms with E-state index in [2.05, 4.69) is 0 Å². The molecular weight excluding hydrogens is 205 g/mol. The van der Waals surface area contributed by atoms with E-state index in [4.69, 9.17) is 5.11 Å². The van der Waals surface area contributed by atoms with Crippen molar-refractivity contribution in [2.45, 2.75) is 0 Å². The monoisotopic (exact) mass is 214 g/mol. The Kier molecular flexibility index (Phi) is 12.6. The van der Waals surface area contributed by atoms with E-state index >= 15 is 0 Å². The highest BCUT2D eigenvalue weighted by molar-refractivity contribution is 6.32. The minimum absolute atomic E-state index is 0. The van der Waals surface area contributed by atoms with Crippen molar-refractivity contribution in [2.75, 3.05) is 0 Å². The summed E-state index contributed by atoms with van der Waals surface area (Å²) in [5.74, 6) is 0.329. The van der Waals surface area contributed by atoms with Crippen LogP contribution in [0.25, 0.3) is 0 Å². The lowest BCUT2D eigenvalue weighted by Gasteiger charge is -1.89. The van der Waals surface area contributed by atoms with E-state index in [1.807, 2.05) is 20.0 Å². The molecule has 0 unspecified atom stereocenters. The van der Waals surface area contributed by atoms with E-state index in [-0.39, 0.29) is 37.2 Å². The molecule has 0 spiro atoms. The molecule has 1 rings (SSSR count). The molecule has 0 fully saturated rings. The molecule has 0 saturated heterocycles. The number of hydrogen-bond acceptors (Lipinski definition) is 1.